The Bertz CT molecular complexity index is 1200. The lowest BCUT2D eigenvalue weighted by Crippen LogP contribution is -2.18. The molecule has 0 bridgehead atoms. The molecule has 1 aromatic carbocycles. The van der Waals surface area contributed by atoms with Crippen LogP contribution in [0.3, 0.4) is 0 Å². The Kier molecular flexibility index (Phi) is 8.11. The summed E-state index contributed by atoms with van der Waals surface area (Å²) >= 11 is 2.66. The molecule has 11 heteroatoms. The first-order chi connectivity index (χ1) is 17.0. The van der Waals surface area contributed by atoms with Crippen LogP contribution < -0.4 is 10.6 Å². The van der Waals surface area contributed by atoms with Gasteiger partial charge < -0.3 is 24.8 Å². The summed E-state index contributed by atoms with van der Waals surface area (Å²) in [7, 11) is 0. The maximum atomic E-state index is 12.8. The van der Waals surface area contributed by atoms with E-state index in [1.54, 1.807) is 29.9 Å². The van der Waals surface area contributed by atoms with Gasteiger partial charge in [0.25, 0.3) is 5.91 Å². The molecule has 4 rings (SSSR count). The minimum atomic E-state index is -0.893. The molecule has 35 heavy (non-hydrogen) atoms. The van der Waals surface area contributed by atoms with E-state index in [4.69, 9.17) is 9.47 Å². The van der Waals surface area contributed by atoms with Crippen molar-refractivity contribution in [2.24, 2.45) is 0 Å². The van der Waals surface area contributed by atoms with Crippen LogP contribution in [0.25, 0.3) is 10.4 Å². The molecule has 3 aromatic rings. The second-order valence-electron chi connectivity index (χ2n) is 7.39. The summed E-state index contributed by atoms with van der Waals surface area (Å²) in [4.78, 5) is 41.8. The summed E-state index contributed by atoms with van der Waals surface area (Å²) in [6.07, 6.45) is 3.83. The van der Waals surface area contributed by atoms with Crippen molar-refractivity contribution in [3.8, 4) is 10.4 Å². The van der Waals surface area contributed by atoms with Crippen LogP contribution in [0.15, 0.2) is 53.5 Å². The monoisotopic (exact) mass is 513 g/mol. The van der Waals surface area contributed by atoms with Gasteiger partial charge in [-0.25, -0.2) is 14.6 Å². The molecule has 1 aliphatic rings. The van der Waals surface area contributed by atoms with E-state index in [1.807, 2.05) is 30.5 Å². The number of thiazole rings is 1. The first kappa shape index (κ1) is 24.4. The number of hydrogen-bond acceptors (Lipinski definition) is 10. The van der Waals surface area contributed by atoms with Crippen molar-refractivity contribution in [2.45, 2.75) is 19.3 Å². The zero-order chi connectivity index (χ0) is 24.6. The lowest BCUT2D eigenvalue weighted by Gasteiger charge is -2.17. The van der Waals surface area contributed by atoms with E-state index in [1.165, 1.54) is 22.7 Å². The number of rotatable bonds is 8. The molecule has 3 heterocycles. The van der Waals surface area contributed by atoms with Crippen LogP contribution in [0.5, 0.6) is 0 Å². The molecule has 1 unspecified atom stereocenters. The van der Waals surface area contributed by atoms with Crippen LogP contribution in [-0.2, 0) is 14.2 Å². The number of amides is 1. The highest BCUT2D eigenvalue weighted by Crippen LogP contribution is 2.38. The topological polar surface area (TPSA) is 116 Å². The fourth-order valence-corrected chi connectivity index (χ4v) is 5.10. The molecule has 2 aromatic heterocycles. The van der Waals surface area contributed by atoms with Gasteiger partial charge in [0.15, 0.2) is 0 Å². The summed E-state index contributed by atoms with van der Waals surface area (Å²) in [5, 5.41) is 7.66. The lowest BCUT2D eigenvalue weighted by molar-refractivity contribution is -0.0259. The number of carbonyl (C=O) groups is 3. The van der Waals surface area contributed by atoms with E-state index in [2.05, 4.69) is 20.4 Å². The molecule has 182 valence electrons. The van der Waals surface area contributed by atoms with E-state index in [9.17, 15) is 14.4 Å². The number of hydrogen-bond donors (Lipinski definition) is 2. The highest BCUT2D eigenvalue weighted by Gasteiger charge is 2.24. The van der Waals surface area contributed by atoms with E-state index in [0.717, 1.165) is 29.0 Å². The van der Waals surface area contributed by atoms with Gasteiger partial charge in [-0.2, -0.15) is 0 Å². The van der Waals surface area contributed by atoms with Crippen molar-refractivity contribution in [1.29, 1.82) is 0 Å². The number of nitrogens with zero attached hydrogens (tertiary/aromatic N) is 1. The maximum absolute atomic E-state index is 12.8. The summed E-state index contributed by atoms with van der Waals surface area (Å²) in [5.74, 6) is -0.795. The number of esters is 1. The number of allylic oxidation sites excluding steroid dienone is 1. The molecule has 9 nitrogen and oxygen atoms in total. The molecule has 1 aliphatic heterocycles. The predicted molar refractivity (Wildman–Crippen MR) is 133 cm³/mol. The number of thiophene rings is 1. The molecule has 0 aliphatic carbocycles. The predicted octanol–water partition coefficient (Wildman–Crippen LogP) is 5.00. The van der Waals surface area contributed by atoms with Gasteiger partial charge in [-0.3, -0.25) is 4.79 Å². The van der Waals surface area contributed by atoms with Gasteiger partial charge in [0.2, 0.25) is 6.79 Å². The van der Waals surface area contributed by atoms with Crippen molar-refractivity contribution in [1.82, 2.24) is 10.3 Å². The normalized spacial score (nSPS) is 14.6. The van der Waals surface area contributed by atoms with Gasteiger partial charge >= 0.3 is 12.1 Å². The Morgan fingerprint density at radius 3 is 2.69 bits per heavy atom. The van der Waals surface area contributed by atoms with Crippen LogP contribution >= 0.6 is 22.7 Å². The molecular weight excluding hydrogens is 490 g/mol. The largest absolute Gasteiger partial charge is 0.511 e. The number of nitrogens with one attached hydrogen (secondary N) is 2. The third-order valence-electron chi connectivity index (χ3n) is 5.11. The third-order valence-corrected chi connectivity index (χ3v) is 6.88. The van der Waals surface area contributed by atoms with Gasteiger partial charge in [-0.15, -0.1) is 22.7 Å². The van der Waals surface area contributed by atoms with Crippen molar-refractivity contribution in [3.05, 3.63) is 69.6 Å². The minimum Gasteiger partial charge on any atom is -0.435 e. The lowest BCUT2D eigenvalue weighted by atomic mass is 9.93. The Balaban J connectivity index is 1.51. The van der Waals surface area contributed by atoms with Gasteiger partial charge in [-0.05, 0) is 48.9 Å². The highest BCUT2D eigenvalue weighted by atomic mass is 32.1. The molecule has 1 amide bonds. The third kappa shape index (κ3) is 6.25. The summed E-state index contributed by atoms with van der Waals surface area (Å²) in [6.45, 7) is 2.08. The smallest absolute Gasteiger partial charge is 0.435 e. The Morgan fingerprint density at radius 2 is 2.00 bits per heavy atom. The first-order valence-corrected chi connectivity index (χ1v) is 12.6. The van der Waals surface area contributed by atoms with Crippen molar-refractivity contribution in [2.75, 3.05) is 25.3 Å². The molecule has 0 spiro atoms. The van der Waals surface area contributed by atoms with Crippen LogP contribution in [0.2, 0.25) is 0 Å². The molecule has 0 saturated carbocycles. The summed E-state index contributed by atoms with van der Waals surface area (Å²) in [5.41, 5.74) is 4.36. The number of aromatic nitrogens is 1. The number of carbonyl (C=O) groups excluding carboxylic acids is 3. The van der Waals surface area contributed by atoms with Crippen LogP contribution in [0.4, 0.5) is 10.5 Å². The van der Waals surface area contributed by atoms with E-state index < -0.39 is 18.9 Å². The van der Waals surface area contributed by atoms with Crippen molar-refractivity contribution >= 4 is 46.4 Å². The zero-order valence-electron chi connectivity index (χ0n) is 18.8. The first-order valence-electron chi connectivity index (χ1n) is 10.9. The second-order valence-corrected chi connectivity index (χ2v) is 9.16. The average molecular weight is 514 g/mol. The Morgan fingerprint density at radius 1 is 1.17 bits per heavy atom. The van der Waals surface area contributed by atoms with Crippen molar-refractivity contribution in [3.63, 3.8) is 0 Å². The minimum absolute atomic E-state index is 0.0476. The van der Waals surface area contributed by atoms with Gasteiger partial charge in [0.1, 0.15) is 10.6 Å². The quantitative estimate of drug-likeness (QED) is 0.319. The SMILES string of the molecule is CCOC(=O)OCOC(=O)c1sc(-c2ccc(NC(=O)c3cscn3)cc2)cc1C1C=CNCC1. The Labute approximate surface area is 209 Å². The zero-order valence-corrected chi connectivity index (χ0v) is 20.4. The highest BCUT2D eigenvalue weighted by molar-refractivity contribution is 7.17. The number of anilines is 1. The number of benzene rings is 1. The van der Waals surface area contributed by atoms with Crippen molar-refractivity contribution < 1.29 is 28.6 Å². The molecular formula is C24H23N3O6S2. The van der Waals surface area contributed by atoms with Crippen LogP contribution in [0, 0.1) is 0 Å². The molecule has 0 radical (unpaired) electrons. The summed E-state index contributed by atoms with van der Waals surface area (Å²) in [6, 6.07) is 9.34. The standard InChI is InChI=1S/C24H23N3O6S2/c1-2-31-24(30)33-14-32-23(29)21-18(15-7-9-25-10-8-15)11-20(35-21)16-3-5-17(6-4-16)27-22(28)19-12-34-13-26-19/h3-7,9,11-13,15,25H,2,8,10,14H2,1H3,(H,27,28). The average Bonchev–Trinajstić information content (AvgIpc) is 3.56. The number of ether oxygens (including phenoxy) is 3. The van der Waals surface area contributed by atoms with E-state index in [-0.39, 0.29) is 18.4 Å². The fraction of sp³-hybridized carbons (Fsp3) is 0.250. The summed E-state index contributed by atoms with van der Waals surface area (Å²) < 4.78 is 14.6. The van der Waals surface area contributed by atoms with Crippen LogP contribution in [-0.4, -0.2) is 43.0 Å². The Hall–Kier alpha value is -3.70. The molecule has 1 atom stereocenters. The fourth-order valence-electron chi connectivity index (χ4n) is 3.44. The molecule has 0 fully saturated rings. The van der Waals surface area contributed by atoms with Gasteiger partial charge in [-0.1, -0.05) is 18.2 Å². The second kappa shape index (κ2) is 11.6. The van der Waals surface area contributed by atoms with Gasteiger partial charge in [0, 0.05) is 28.4 Å². The van der Waals surface area contributed by atoms with E-state index in [0.29, 0.717) is 16.3 Å². The molecule has 0 saturated heterocycles. The van der Waals surface area contributed by atoms with Crippen LogP contribution in [0.1, 0.15) is 45.0 Å². The van der Waals surface area contributed by atoms with E-state index >= 15 is 0 Å². The molecule has 2 N–H and O–H groups in total. The van der Waals surface area contributed by atoms with Gasteiger partial charge in [0.05, 0.1) is 12.1 Å². The maximum Gasteiger partial charge on any atom is 0.511 e.